The van der Waals surface area contributed by atoms with Gasteiger partial charge in [-0.15, -0.1) is 0 Å². The highest BCUT2D eigenvalue weighted by Crippen LogP contribution is 2.32. The van der Waals surface area contributed by atoms with Gasteiger partial charge in [0.2, 0.25) is 5.91 Å². The second-order valence-corrected chi connectivity index (χ2v) is 4.70. The lowest BCUT2D eigenvalue weighted by atomic mass is 10.1. The Morgan fingerprint density at radius 3 is 2.71 bits per heavy atom. The molecule has 0 heterocycles. The quantitative estimate of drug-likeness (QED) is 0.585. The molecule has 0 bridgehead atoms. The van der Waals surface area contributed by atoms with E-state index in [0.717, 1.165) is 32.1 Å². The van der Waals surface area contributed by atoms with E-state index in [1.54, 1.807) is 0 Å². The highest BCUT2D eigenvalue weighted by atomic mass is 16.3. The van der Waals surface area contributed by atoms with Crippen LogP contribution in [0.25, 0.3) is 0 Å². The molecule has 0 aliphatic heterocycles. The molecule has 2 unspecified atom stereocenters. The Bertz CT molecular complexity index is 238. The molecule has 14 heavy (non-hydrogen) atoms. The van der Waals surface area contributed by atoms with Gasteiger partial charge in [0, 0.05) is 6.54 Å². The van der Waals surface area contributed by atoms with E-state index in [-0.39, 0.29) is 12.0 Å². The molecule has 0 aromatic heterocycles. The molecule has 0 radical (unpaired) electrons. The molecule has 0 spiro atoms. The summed E-state index contributed by atoms with van der Waals surface area (Å²) in [6.07, 6.45) is 4.16. The second-order valence-electron chi connectivity index (χ2n) is 4.70. The Labute approximate surface area is 83.9 Å². The average Bonchev–Trinajstić information content (AvgIpc) is 2.76. The number of aliphatic hydroxyl groups is 1. The van der Waals surface area contributed by atoms with Crippen LogP contribution < -0.4 is 11.1 Å². The molecule has 4 heteroatoms. The van der Waals surface area contributed by atoms with Crippen LogP contribution in [0.5, 0.6) is 0 Å². The van der Waals surface area contributed by atoms with Gasteiger partial charge in [0.25, 0.3) is 0 Å². The van der Waals surface area contributed by atoms with Crippen LogP contribution >= 0.6 is 0 Å². The van der Waals surface area contributed by atoms with Crippen LogP contribution in [-0.2, 0) is 4.79 Å². The fourth-order valence-corrected chi connectivity index (χ4v) is 2.01. The molecule has 2 saturated carbocycles. The minimum atomic E-state index is -0.558. The monoisotopic (exact) mass is 198 g/mol. The van der Waals surface area contributed by atoms with Gasteiger partial charge in [-0.2, -0.15) is 0 Å². The van der Waals surface area contributed by atoms with Crippen molar-refractivity contribution in [2.24, 2.45) is 11.7 Å². The molecule has 2 aliphatic rings. The standard InChI is InChI=1S/C10H18N2O2/c11-10(3-4-10)9(14)12-6-7-1-2-8(13)5-7/h7-8,13H,1-6,11H2,(H,12,14). The lowest BCUT2D eigenvalue weighted by Crippen LogP contribution is -2.44. The molecule has 80 valence electrons. The second kappa shape index (κ2) is 3.51. The molecule has 0 saturated heterocycles. The van der Waals surface area contributed by atoms with E-state index >= 15 is 0 Å². The summed E-state index contributed by atoms with van der Waals surface area (Å²) in [6.45, 7) is 0.675. The Balaban J connectivity index is 1.70. The van der Waals surface area contributed by atoms with Crippen LogP contribution in [0.1, 0.15) is 32.1 Å². The number of amides is 1. The Kier molecular flexibility index (Phi) is 2.49. The molecule has 4 nitrogen and oxygen atoms in total. The fraction of sp³-hybridized carbons (Fsp3) is 0.900. The smallest absolute Gasteiger partial charge is 0.240 e. The topological polar surface area (TPSA) is 75.4 Å². The van der Waals surface area contributed by atoms with Crippen molar-refractivity contribution in [1.29, 1.82) is 0 Å². The first-order valence-corrected chi connectivity index (χ1v) is 5.35. The van der Waals surface area contributed by atoms with Crippen LogP contribution in [0, 0.1) is 5.92 Å². The van der Waals surface area contributed by atoms with Gasteiger partial charge in [0.05, 0.1) is 11.6 Å². The number of carbonyl (C=O) groups is 1. The predicted octanol–water partition coefficient (Wildman–Crippen LogP) is -0.245. The number of aliphatic hydroxyl groups excluding tert-OH is 1. The summed E-state index contributed by atoms with van der Waals surface area (Å²) in [5, 5.41) is 12.2. The van der Waals surface area contributed by atoms with Gasteiger partial charge in [0.1, 0.15) is 0 Å². The van der Waals surface area contributed by atoms with Crippen LogP contribution in [-0.4, -0.2) is 29.2 Å². The zero-order chi connectivity index (χ0) is 10.2. The number of nitrogens with one attached hydrogen (secondary N) is 1. The molecule has 1 amide bonds. The maximum absolute atomic E-state index is 11.5. The molecule has 2 atom stereocenters. The Morgan fingerprint density at radius 2 is 2.21 bits per heavy atom. The third kappa shape index (κ3) is 2.07. The molecule has 0 aromatic carbocycles. The number of hydrogen-bond acceptors (Lipinski definition) is 3. The first kappa shape index (κ1) is 9.93. The van der Waals surface area contributed by atoms with Gasteiger partial charge >= 0.3 is 0 Å². The van der Waals surface area contributed by atoms with Crippen LogP contribution in [0.2, 0.25) is 0 Å². The minimum absolute atomic E-state index is 0.0149. The number of rotatable bonds is 3. The van der Waals surface area contributed by atoms with E-state index in [1.165, 1.54) is 0 Å². The van der Waals surface area contributed by atoms with E-state index in [2.05, 4.69) is 5.32 Å². The summed E-state index contributed by atoms with van der Waals surface area (Å²) in [6, 6.07) is 0. The Morgan fingerprint density at radius 1 is 1.50 bits per heavy atom. The number of carbonyl (C=O) groups excluding carboxylic acids is 1. The first-order valence-electron chi connectivity index (χ1n) is 5.35. The zero-order valence-electron chi connectivity index (χ0n) is 8.33. The van der Waals surface area contributed by atoms with Crippen LogP contribution in [0.4, 0.5) is 0 Å². The maximum atomic E-state index is 11.5. The molecule has 2 fully saturated rings. The largest absolute Gasteiger partial charge is 0.393 e. The number of hydrogen-bond donors (Lipinski definition) is 3. The van der Waals surface area contributed by atoms with E-state index in [0.29, 0.717) is 12.5 Å². The van der Waals surface area contributed by atoms with Crippen molar-refractivity contribution < 1.29 is 9.90 Å². The Hall–Kier alpha value is -0.610. The van der Waals surface area contributed by atoms with E-state index in [1.807, 2.05) is 0 Å². The van der Waals surface area contributed by atoms with Crippen molar-refractivity contribution in [2.75, 3.05) is 6.54 Å². The van der Waals surface area contributed by atoms with Crippen molar-refractivity contribution in [3.05, 3.63) is 0 Å². The summed E-state index contributed by atoms with van der Waals surface area (Å²) >= 11 is 0. The van der Waals surface area contributed by atoms with Crippen LogP contribution in [0.15, 0.2) is 0 Å². The molecular formula is C10H18N2O2. The van der Waals surface area contributed by atoms with Gasteiger partial charge in [-0.05, 0) is 38.0 Å². The predicted molar refractivity (Wildman–Crippen MR) is 52.5 cm³/mol. The third-order valence-corrected chi connectivity index (χ3v) is 3.31. The average molecular weight is 198 g/mol. The SMILES string of the molecule is NC1(C(=O)NCC2CCC(O)C2)CC1. The van der Waals surface area contributed by atoms with Crippen molar-refractivity contribution in [3.63, 3.8) is 0 Å². The van der Waals surface area contributed by atoms with E-state index in [4.69, 9.17) is 5.73 Å². The summed E-state index contributed by atoms with van der Waals surface area (Å²) < 4.78 is 0. The summed E-state index contributed by atoms with van der Waals surface area (Å²) in [7, 11) is 0. The zero-order valence-corrected chi connectivity index (χ0v) is 8.33. The van der Waals surface area contributed by atoms with Gasteiger partial charge in [-0.3, -0.25) is 4.79 Å². The van der Waals surface area contributed by atoms with Gasteiger partial charge < -0.3 is 16.2 Å². The van der Waals surface area contributed by atoms with E-state index in [9.17, 15) is 9.90 Å². The fourth-order valence-electron chi connectivity index (χ4n) is 2.01. The highest BCUT2D eigenvalue weighted by molar-refractivity contribution is 5.88. The molecule has 0 aromatic rings. The lowest BCUT2D eigenvalue weighted by Gasteiger charge is -2.13. The maximum Gasteiger partial charge on any atom is 0.240 e. The van der Waals surface area contributed by atoms with Crippen molar-refractivity contribution in [2.45, 2.75) is 43.7 Å². The number of nitrogens with two attached hydrogens (primary N) is 1. The molecule has 4 N–H and O–H groups in total. The van der Waals surface area contributed by atoms with Gasteiger partial charge in [0.15, 0.2) is 0 Å². The van der Waals surface area contributed by atoms with Crippen molar-refractivity contribution in [1.82, 2.24) is 5.32 Å². The van der Waals surface area contributed by atoms with Gasteiger partial charge in [-0.1, -0.05) is 0 Å². The lowest BCUT2D eigenvalue weighted by molar-refractivity contribution is -0.123. The normalized spacial score (nSPS) is 34.1. The third-order valence-electron chi connectivity index (χ3n) is 3.31. The van der Waals surface area contributed by atoms with Gasteiger partial charge in [-0.25, -0.2) is 0 Å². The van der Waals surface area contributed by atoms with Crippen molar-refractivity contribution in [3.8, 4) is 0 Å². The minimum Gasteiger partial charge on any atom is -0.393 e. The highest BCUT2D eigenvalue weighted by Gasteiger charge is 2.45. The molecule has 2 rings (SSSR count). The molecule has 2 aliphatic carbocycles. The first-order chi connectivity index (χ1) is 6.60. The van der Waals surface area contributed by atoms with Crippen LogP contribution in [0.3, 0.4) is 0 Å². The summed E-state index contributed by atoms with van der Waals surface area (Å²) in [4.78, 5) is 11.5. The summed E-state index contributed by atoms with van der Waals surface area (Å²) in [5.41, 5.74) is 5.18. The molecular weight excluding hydrogens is 180 g/mol. The van der Waals surface area contributed by atoms with Crippen molar-refractivity contribution >= 4 is 5.91 Å². The van der Waals surface area contributed by atoms with E-state index < -0.39 is 5.54 Å². The summed E-state index contributed by atoms with van der Waals surface area (Å²) in [5.74, 6) is 0.426.